The predicted octanol–water partition coefficient (Wildman–Crippen LogP) is 1.03. The lowest BCUT2D eigenvalue weighted by Crippen LogP contribution is -2.54. The van der Waals surface area contributed by atoms with Crippen molar-refractivity contribution in [1.29, 1.82) is 0 Å². The smallest absolute Gasteiger partial charge is 0.220 e. The van der Waals surface area contributed by atoms with Crippen molar-refractivity contribution >= 4 is 5.91 Å². The maximum atomic E-state index is 11.2. The van der Waals surface area contributed by atoms with Crippen molar-refractivity contribution in [2.45, 2.75) is 52.1 Å². The lowest BCUT2D eigenvalue weighted by atomic mass is 9.96. The molecule has 0 aliphatic carbocycles. The maximum Gasteiger partial charge on any atom is 0.220 e. The van der Waals surface area contributed by atoms with Gasteiger partial charge in [0.25, 0.3) is 0 Å². The molecule has 0 saturated carbocycles. The van der Waals surface area contributed by atoms with Crippen molar-refractivity contribution < 1.29 is 4.79 Å². The molecule has 0 heterocycles. The van der Waals surface area contributed by atoms with Crippen LogP contribution in [0, 0.1) is 0 Å². The molecule has 3 nitrogen and oxygen atoms in total. The zero-order chi connectivity index (χ0) is 9.78. The van der Waals surface area contributed by atoms with Crippen molar-refractivity contribution in [1.82, 2.24) is 5.32 Å². The quantitative estimate of drug-likeness (QED) is 0.665. The van der Waals surface area contributed by atoms with Crippen LogP contribution in [-0.2, 0) is 4.79 Å². The fourth-order valence-corrected chi connectivity index (χ4v) is 0.763. The fourth-order valence-electron chi connectivity index (χ4n) is 0.763. The summed E-state index contributed by atoms with van der Waals surface area (Å²) in [5.41, 5.74) is 5.40. The SMILES string of the molecule is CCCC(=O)NC(C)(C)C(C)N. The number of nitrogens with two attached hydrogens (primary N) is 1. The van der Waals surface area contributed by atoms with Gasteiger partial charge in [-0.2, -0.15) is 0 Å². The van der Waals surface area contributed by atoms with E-state index in [0.717, 1.165) is 6.42 Å². The molecule has 0 aliphatic heterocycles. The van der Waals surface area contributed by atoms with Crippen molar-refractivity contribution in [2.75, 3.05) is 0 Å². The molecule has 3 heteroatoms. The molecule has 0 spiro atoms. The molecule has 0 aromatic heterocycles. The largest absolute Gasteiger partial charge is 0.350 e. The third kappa shape index (κ3) is 3.72. The number of carbonyl (C=O) groups excluding carboxylic acids is 1. The standard InChI is InChI=1S/C9H20N2O/c1-5-6-8(12)11-9(3,4)7(2)10/h7H,5-6,10H2,1-4H3,(H,11,12). The van der Waals surface area contributed by atoms with Crippen LogP contribution in [0.2, 0.25) is 0 Å². The molecule has 0 saturated heterocycles. The topological polar surface area (TPSA) is 55.1 Å². The van der Waals surface area contributed by atoms with Gasteiger partial charge in [-0.3, -0.25) is 4.79 Å². The van der Waals surface area contributed by atoms with Crippen LogP contribution in [-0.4, -0.2) is 17.5 Å². The summed E-state index contributed by atoms with van der Waals surface area (Å²) >= 11 is 0. The highest BCUT2D eigenvalue weighted by Gasteiger charge is 2.23. The first-order valence-electron chi connectivity index (χ1n) is 4.46. The Morgan fingerprint density at radius 3 is 2.42 bits per heavy atom. The van der Waals surface area contributed by atoms with Gasteiger partial charge in [0.2, 0.25) is 5.91 Å². The van der Waals surface area contributed by atoms with Crippen molar-refractivity contribution in [3.63, 3.8) is 0 Å². The second-order valence-corrected chi connectivity index (χ2v) is 3.81. The molecule has 0 rings (SSSR count). The van der Waals surface area contributed by atoms with E-state index < -0.39 is 0 Å². The van der Waals surface area contributed by atoms with E-state index in [1.165, 1.54) is 0 Å². The summed E-state index contributed by atoms with van der Waals surface area (Å²) in [5.74, 6) is 0.0831. The predicted molar refractivity (Wildman–Crippen MR) is 50.8 cm³/mol. The van der Waals surface area contributed by atoms with Crippen molar-refractivity contribution in [2.24, 2.45) is 5.73 Å². The minimum Gasteiger partial charge on any atom is -0.350 e. The summed E-state index contributed by atoms with van der Waals surface area (Å²) in [6, 6.07) is -0.0293. The highest BCUT2D eigenvalue weighted by molar-refractivity contribution is 5.76. The van der Waals surface area contributed by atoms with E-state index in [4.69, 9.17) is 5.73 Å². The lowest BCUT2D eigenvalue weighted by molar-refractivity contribution is -0.122. The minimum atomic E-state index is -0.299. The molecule has 1 atom stereocenters. The zero-order valence-corrected chi connectivity index (χ0v) is 8.48. The Morgan fingerprint density at radius 1 is 1.58 bits per heavy atom. The summed E-state index contributed by atoms with van der Waals surface area (Å²) in [6.07, 6.45) is 1.46. The summed E-state index contributed by atoms with van der Waals surface area (Å²) in [6.45, 7) is 7.75. The molecule has 3 N–H and O–H groups in total. The number of hydrogen-bond donors (Lipinski definition) is 2. The Morgan fingerprint density at radius 2 is 2.08 bits per heavy atom. The van der Waals surface area contributed by atoms with Crippen LogP contribution in [0.15, 0.2) is 0 Å². The van der Waals surface area contributed by atoms with Crippen LogP contribution in [0.25, 0.3) is 0 Å². The molecule has 1 amide bonds. The van der Waals surface area contributed by atoms with Crippen LogP contribution in [0.5, 0.6) is 0 Å². The molecule has 0 fully saturated rings. The van der Waals surface area contributed by atoms with E-state index in [0.29, 0.717) is 6.42 Å². The Hall–Kier alpha value is -0.570. The van der Waals surface area contributed by atoms with Gasteiger partial charge in [0, 0.05) is 18.0 Å². The van der Waals surface area contributed by atoms with E-state index in [-0.39, 0.29) is 17.5 Å². The number of carbonyl (C=O) groups is 1. The minimum absolute atomic E-state index is 0.0293. The van der Waals surface area contributed by atoms with E-state index in [1.54, 1.807) is 0 Å². The second kappa shape index (κ2) is 4.45. The number of rotatable bonds is 4. The maximum absolute atomic E-state index is 11.2. The summed E-state index contributed by atoms with van der Waals surface area (Å²) in [4.78, 5) is 11.2. The molecule has 72 valence electrons. The number of amides is 1. The average Bonchev–Trinajstić information content (AvgIpc) is 1.85. The molecule has 0 bridgehead atoms. The third-order valence-electron chi connectivity index (χ3n) is 2.08. The van der Waals surface area contributed by atoms with Gasteiger partial charge < -0.3 is 11.1 Å². The zero-order valence-electron chi connectivity index (χ0n) is 8.48. The first kappa shape index (κ1) is 11.4. The van der Waals surface area contributed by atoms with Crippen LogP contribution in [0.1, 0.15) is 40.5 Å². The molecule has 12 heavy (non-hydrogen) atoms. The summed E-state index contributed by atoms with van der Waals surface area (Å²) in [5, 5.41) is 2.89. The second-order valence-electron chi connectivity index (χ2n) is 3.81. The van der Waals surface area contributed by atoms with Crippen molar-refractivity contribution in [3.8, 4) is 0 Å². The van der Waals surface area contributed by atoms with Crippen LogP contribution in [0.4, 0.5) is 0 Å². The van der Waals surface area contributed by atoms with Crippen LogP contribution >= 0.6 is 0 Å². The Kier molecular flexibility index (Phi) is 4.24. The molecule has 0 radical (unpaired) electrons. The summed E-state index contributed by atoms with van der Waals surface area (Å²) < 4.78 is 0. The van der Waals surface area contributed by atoms with Gasteiger partial charge in [-0.15, -0.1) is 0 Å². The third-order valence-corrected chi connectivity index (χ3v) is 2.08. The van der Waals surface area contributed by atoms with Crippen molar-refractivity contribution in [3.05, 3.63) is 0 Å². The van der Waals surface area contributed by atoms with Gasteiger partial charge in [0.15, 0.2) is 0 Å². The van der Waals surface area contributed by atoms with Gasteiger partial charge in [-0.1, -0.05) is 6.92 Å². The monoisotopic (exact) mass is 172 g/mol. The van der Waals surface area contributed by atoms with Gasteiger partial charge in [-0.25, -0.2) is 0 Å². The van der Waals surface area contributed by atoms with Gasteiger partial charge in [0.05, 0.1) is 0 Å². The Balaban J connectivity index is 3.97. The number of nitrogens with one attached hydrogen (secondary N) is 1. The van der Waals surface area contributed by atoms with E-state index >= 15 is 0 Å². The molecular formula is C9H20N2O. The highest BCUT2D eigenvalue weighted by Crippen LogP contribution is 2.06. The first-order valence-corrected chi connectivity index (χ1v) is 4.46. The van der Waals surface area contributed by atoms with Crippen LogP contribution < -0.4 is 11.1 Å². The lowest BCUT2D eigenvalue weighted by Gasteiger charge is -2.30. The summed E-state index contributed by atoms with van der Waals surface area (Å²) in [7, 11) is 0. The average molecular weight is 172 g/mol. The number of hydrogen-bond acceptors (Lipinski definition) is 2. The van der Waals surface area contributed by atoms with Gasteiger partial charge >= 0.3 is 0 Å². The molecular weight excluding hydrogens is 152 g/mol. The Bertz CT molecular complexity index is 153. The molecule has 0 aromatic carbocycles. The Labute approximate surface area is 74.7 Å². The fraction of sp³-hybridized carbons (Fsp3) is 0.889. The van der Waals surface area contributed by atoms with Crippen LogP contribution in [0.3, 0.4) is 0 Å². The van der Waals surface area contributed by atoms with E-state index in [1.807, 2.05) is 27.7 Å². The van der Waals surface area contributed by atoms with E-state index in [9.17, 15) is 4.79 Å². The molecule has 1 unspecified atom stereocenters. The normalized spacial score (nSPS) is 14.1. The first-order chi connectivity index (χ1) is 5.40. The van der Waals surface area contributed by atoms with E-state index in [2.05, 4.69) is 5.32 Å². The molecule has 0 aromatic rings. The molecule has 0 aliphatic rings. The van der Waals surface area contributed by atoms with Gasteiger partial charge in [0.1, 0.15) is 0 Å². The van der Waals surface area contributed by atoms with Gasteiger partial charge in [-0.05, 0) is 27.2 Å². The highest BCUT2D eigenvalue weighted by atomic mass is 16.1.